The van der Waals surface area contributed by atoms with E-state index in [4.69, 9.17) is 19.9 Å². The first-order valence-corrected chi connectivity index (χ1v) is 17.4. The van der Waals surface area contributed by atoms with Crippen LogP contribution in [-0.4, -0.2) is 19.9 Å². The van der Waals surface area contributed by atoms with Crippen molar-refractivity contribution in [2.24, 2.45) is 0 Å². The van der Waals surface area contributed by atoms with Crippen LogP contribution in [0.25, 0.3) is 89.4 Å². The highest BCUT2D eigenvalue weighted by Crippen LogP contribution is 2.36. The van der Waals surface area contributed by atoms with Gasteiger partial charge in [-0.15, -0.1) is 0 Å². The smallest absolute Gasteiger partial charge is 0.160 e. The number of benzene rings is 7. The molecule has 0 atom stereocenters. The molecule has 0 N–H and O–H groups in total. The van der Waals surface area contributed by atoms with Crippen LogP contribution in [0.1, 0.15) is 0 Å². The molecule has 0 aliphatic heterocycles. The lowest BCUT2D eigenvalue weighted by Gasteiger charge is -2.13. The maximum absolute atomic E-state index is 5.27. The van der Waals surface area contributed by atoms with Crippen molar-refractivity contribution in [1.29, 1.82) is 0 Å². The minimum absolute atomic E-state index is 0.638. The molecule has 2 aromatic heterocycles. The van der Waals surface area contributed by atoms with Gasteiger partial charge in [-0.1, -0.05) is 152 Å². The molecule has 0 aliphatic rings. The van der Waals surface area contributed by atoms with Crippen LogP contribution in [-0.2, 0) is 0 Å². The van der Waals surface area contributed by atoms with Crippen LogP contribution in [0, 0.1) is 0 Å². The quantitative estimate of drug-likeness (QED) is 0.170. The Morgan fingerprint density at radius 3 is 1.27 bits per heavy atom. The van der Waals surface area contributed by atoms with Gasteiger partial charge >= 0.3 is 0 Å². The number of nitrogens with zero attached hydrogens (tertiary/aromatic N) is 4. The van der Waals surface area contributed by atoms with Gasteiger partial charge in [0.2, 0.25) is 0 Å². The molecule has 7 aromatic carbocycles. The van der Waals surface area contributed by atoms with Crippen LogP contribution < -0.4 is 0 Å². The molecule has 0 radical (unpaired) electrons. The summed E-state index contributed by atoms with van der Waals surface area (Å²) in [4.78, 5) is 20.2. The first kappa shape index (κ1) is 31.0. The molecular weight excluding hydrogens is 633 g/mol. The van der Waals surface area contributed by atoms with Crippen LogP contribution >= 0.6 is 0 Å². The maximum Gasteiger partial charge on any atom is 0.160 e. The van der Waals surface area contributed by atoms with E-state index < -0.39 is 0 Å². The first-order valence-electron chi connectivity index (χ1n) is 17.4. The Morgan fingerprint density at radius 1 is 0.269 bits per heavy atom. The van der Waals surface area contributed by atoms with Gasteiger partial charge in [-0.05, 0) is 69.3 Å². The van der Waals surface area contributed by atoms with Crippen molar-refractivity contribution in [2.45, 2.75) is 0 Å². The van der Waals surface area contributed by atoms with Crippen LogP contribution in [0.2, 0.25) is 0 Å². The van der Waals surface area contributed by atoms with Gasteiger partial charge in [-0.25, -0.2) is 19.9 Å². The molecule has 0 bridgehead atoms. The Labute approximate surface area is 302 Å². The van der Waals surface area contributed by atoms with Gasteiger partial charge in [0.1, 0.15) is 0 Å². The molecule has 0 saturated carbocycles. The Balaban J connectivity index is 1.22. The molecule has 0 unspecified atom stereocenters. The average molecular weight is 665 g/mol. The average Bonchev–Trinajstić information content (AvgIpc) is 3.24. The number of hydrogen-bond acceptors (Lipinski definition) is 4. The minimum Gasteiger partial charge on any atom is -0.236 e. The zero-order valence-corrected chi connectivity index (χ0v) is 28.3. The second-order valence-corrected chi connectivity index (χ2v) is 12.8. The van der Waals surface area contributed by atoms with Crippen molar-refractivity contribution in [3.63, 3.8) is 0 Å². The molecule has 9 aromatic rings. The van der Waals surface area contributed by atoms with E-state index in [0.717, 1.165) is 66.7 Å². The molecule has 2 heterocycles. The highest BCUT2D eigenvalue weighted by Gasteiger charge is 2.16. The predicted octanol–water partition coefficient (Wildman–Crippen LogP) is 12.1. The Hall–Kier alpha value is -7.04. The van der Waals surface area contributed by atoms with E-state index in [9.17, 15) is 0 Å². The summed E-state index contributed by atoms with van der Waals surface area (Å²) in [5, 5.41) is 1.00. The predicted molar refractivity (Wildman–Crippen MR) is 213 cm³/mol. The number of fused-ring (bicyclic) bond motifs is 1. The van der Waals surface area contributed by atoms with E-state index >= 15 is 0 Å². The molecule has 4 heteroatoms. The number of hydrogen-bond donors (Lipinski definition) is 0. The molecule has 0 amide bonds. The third kappa shape index (κ3) is 6.26. The summed E-state index contributed by atoms with van der Waals surface area (Å²) in [6.45, 7) is 0. The fraction of sp³-hybridized carbons (Fsp3) is 0. The summed E-state index contributed by atoms with van der Waals surface area (Å²) < 4.78 is 0. The molecule has 9 rings (SSSR count). The lowest BCUT2D eigenvalue weighted by molar-refractivity contribution is 1.17. The molecule has 4 nitrogen and oxygen atoms in total. The van der Waals surface area contributed by atoms with E-state index in [-0.39, 0.29) is 0 Å². The second-order valence-electron chi connectivity index (χ2n) is 12.8. The largest absolute Gasteiger partial charge is 0.236 e. The number of aromatic nitrogens is 4. The summed E-state index contributed by atoms with van der Waals surface area (Å²) in [7, 11) is 0. The molecule has 0 spiro atoms. The number of rotatable bonds is 7. The van der Waals surface area contributed by atoms with E-state index in [1.807, 2.05) is 48.8 Å². The zero-order valence-electron chi connectivity index (χ0n) is 28.3. The van der Waals surface area contributed by atoms with Gasteiger partial charge in [0.15, 0.2) is 11.6 Å². The fourth-order valence-electron chi connectivity index (χ4n) is 6.68. The summed E-state index contributed by atoms with van der Waals surface area (Å²) >= 11 is 0. The van der Waals surface area contributed by atoms with Crippen molar-refractivity contribution in [1.82, 2.24) is 19.9 Å². The first-order chi connectivity index (χ1) is 25.7. The Bertz CT molecular complexity index is 2520. The summed E-state index contributed by atoms with van der Waals surface area (Å²) in [5.74, 6) is 1.28. The fourth-order valence-corrected chi connectivity index (χ4v) is 6.68. The topological polar surface area (TPSA) is 51.6 Å². The summed E-state index contributed by atoms with van der Waals surface area (Å²) in [6, 6.07) is 63.0. The van der Waals surface area contributed by atoms with Gasteiger partial charge < -0.3 is 0 Å². The third-order valence-corrected chi connectivity index (χ3v) is 9.38. The van der Waals surface area contributed by atoms with Gasteiger partial charge in [-0.3, -0.25) is 0 Å². The van der Waals surface area contributed by atoms with E-state index in [0.29, 0.717) is 11.6 Å². The van der Waals surface area contributed by atoms with E-state index in [1.54, 1.807) is 0 Å². The SMILES string of the molecule is c1ccc(-c2ccc(-c3cc(-c4ncc(-c5ccccc5)cn4)cc(-c4nc(-c5ccccc5)c5ccc(-c6ccccc6)cc5n4)c3)cc2)cc1. The van der Waals surface area contributed by atoms with Crippen LogP contribution in [0.5, 0.6) is 0 Å². The normalized spacial score (nSPS) is 11.1. The van der Waals surface area contributed by atoms with Crippen LogP contribution in [0.3, 0.4) is 0 Å². The Morgan fingerprint density at radius 2 is 0.692 bits per heavy atom. The Kier molecular flexibility index (Phi) is 8.16. The van der Waals surface area contributed by atoms with E-state index in [1.165, 1.54) is 11.1 Å². The standard InChI is InChI=1S/C48H32N4/c1-5-13-33(14-6-1)36-21-23-37(24-22-36)40-27-41(47-49-31-43(32-50-47)35-17-9-3-10-18-35)29-42(28-40)48-51-45-30-39(34-15-7-2-8-16-34)25-26-44(45)46(52-48)38-19-11-4-12-20-38/h1-32H. The summed E-state index contributed by atoms with van der Waals surface area (Å²) in [5.41, 5.74) is 13.4. The van der Waals surface area contributed by atoms with Crippen molar-refractivity contribution in [2.75, 3.05) is 0 Å². The highest BCUT2D eigenvalue weighted by molar-refractivity contribution is 5.96. The molecule has 0 fully saturated rings. The van der Waals surface area contributed by atoms with Crippen molar-refractivity contribution >= 4 is 10.9 Å². The zero-order chi connectivity index (χ0) is 34.7. The van der Waals surface area contributed by atoms with Gasteiger partial charge in [0, 0.05) is 40.0 Å². The minimum atomic E-state index is 0.638. The van der Waals surface area contributed by atoms with Crippen LogP contribution in [0.15, 0.2) is 194 Å². The third-order valence-electron chi connectivity index (χ3n) is 9.38. The second kappa shape index (κ2) is 13.7. The maximum atomic E-state index is 5.27. The van der Waals surface area contributed by atoms with Gasteiger partial charge in [0.25, 0.3) is 0 Å². The van der Waals surface area contributed by atoms with E-state index in [2.05, 4.69) is 146 Å². The molecule has 0 saturated heterocycles. The van der Waals surface area contributed by atoms with Crippen LogP contribution in [0.4, 0.5) is 0 Å². The van der Waals surface area contributed by atoms with Crippen molar-refractivity contribution in [3.8, 4) is 78.5 Å². The van der Waals surface area contributed by atoms with Gasteiger partial charge in [-0.2, -0.15) is 0 Å². The molecular formula is C48H32N4. The summed E-state index contributed by atoms with van der Waals surface area (Å²) in [6.07, 6.45) is 3.79. The van der Waals surface area contributed by atoms with Gasteiger partial charge in [0.05, 0.1) is 11.2 Å². The van der Waals surface area contributed by atoms with Crippen molar-refractivity contribution < 1.29 is 0 Å². The molecule has 0 aliphatic carbocycles. The highest BCUT2D eigenvalue weighted by atomic mass is 14.9. The molecule has 52 heavy (non-hydrogen) atoms. The van der Waals surface area contributed by atoms with Crippen molar-refractivity contribution in [3.05, 3.63) is 194 Å². The lowest BCUT2D eigenvalue weighted by Crippen LogP contribution is -1.97. The molecule has 244 valence electrons. The lowest BCUT2D eigenvalue weighted by atomic mass is 9.96. The monoisotopic (exact) mass is 664 g/mol.